The van der Waals surface area contributed by atoms with E-state index in [1.807, 2.05) is 37.4 Å². The number of hydrogen-bond donors (Lipinski definition) is 1. The number of nitrogens with zero attached hydrogens (tertiary/aromatic N) is 2. The van der Waals surface area contributed by atoms with Crippen molar-refractivity contribution in [3.05, 3.63) is 65.0 Å². The first-order valence-corrected chi connectivity index (χ1v) is 6.23. The predicted octanol–water partition coefficient (Wildman–Crippen LogP) is 3.14. The van der Waals surface area contributed by atoms with Crippen LogP contribution in [0.3, 0.4) is 0 Å². The second-order valence-corrected chi connectivity index (χ2v) is 4.51. The van der Waals surface area contributed by atoms with Gasteiger partial charge in [0.2, 0.25) is 0 Å². The van der Waals surface area contributed by atoms with E-state index in [0.717, 1.165) is 27.7 Å². The van der Waals surface area contributed by atoms with E-state index in [9.17, 15) is 0 Å². The molecule has 0 aliphatic heterocycles. The molecule has 2 aromatic heterocycles. The predicted molar refractivity (Wildman–Crippen MR) is 78.0 cm³/mol. The molecule has 0 radical (unpaired) electrons. The van der Waals surface area contributed by atoms with Crippen LogP contribution in [-0.4, -0.2) is 9.97 Å². The molecule has 0 saturated carbocycles. The molecule has 0 unspecified atom stereocenters. The van der Waals surface area contributed by atoms with Gasteiger partial charge < -0.3 is 4.98 Å². The van der Waals surface area contributed by atoms with Crippen LogP contribution in [0, 0.1) is 30.1 Å². The average Bonchev–Trinajstić information content (AvgIpc) is 2.94. The van der Waals surface area contributed by atoms with Crippen LogP contribution >= 0.6 is 0 Å². The SMILES string of the molecule is Cc1ccc(C#N)c(C#Cc2ccnc3[nH]ccc23)c1. The quantitative estimate of drug-likeness (QED) is 0.629. The number of fused-ring (bicyclic) bond motifs is 1. The number of aryl methyl sites for hydroxylation is 1. The van der Waals surface area contributed by atoms with Crippen LogP contribution in [0.1, 0.15) is 22.3 Å². The van der Waals surface area contributed by atoms with Gasteiger partial charge in [0.15, 0.2) is 0 Å². The highest BCUT2D eigenvalue weighted by atomic mass is 14.8. The smallest absolute Gasteiger partial charge is 0.138 e. The molecule has 1 aromatic carbocycles. The van der Waals surface area contributed by atoms with Gasteiger partial charge in [0.05, 0.1) is 5.56 Å². The first-order chi connectivity index (χ1) is 9.78. The number of hydrogen-bond acceptors (Lipinski definition) is 2. The van der Waals surface area contributed by atoms with Gasteiger partial charge >= 0.3 is 0 Å². The molecule has 1 N–H and O–H groups in total. The van der Waals surface area contributed by atoms with E-state index in [1.54, 1.807) is 12.3 Å². The van der Waals surface area contributed by atoms with E-state index >= 15 is 0 Å². The minimum Gasteiger partial charge on any atom is -0.346 e. The van der Waals surface area contributed by atoms with Crippen molar-refractivity contribution in [2.75, 3.05) is 0 Å². The Morgan fingerprint density at radius 2 is 1.90 bits per heavy atom. The monoisotopic (exact) mass is 257 g/mol. The van der Waals surface area contributed by atoms with Crippen LogP contribution in [-0.2, 0) is 0 Å². The molecule has 3 rings (SSSR count). The summed E-state index contributed by atoms with van der Waals surface area (Å²) in [5, 5.41) is 10.1. The maximum absolute atomic E-state index is 9.11. The lowest BCUT2D eigenvalue weighted by molar-refractivity contribution is 1.32. The number of nitriles is 1. The molecule has 0 bridgehead atoms. The maximum atomic E-state index is 9.11. The van der Waals surface area contributed by atoms with Gasteiger partial charge in [-0.15, -0.1) is 0 Å². The third kappa shape index (κ3) is 2.13. The summed E-state index contributed by atoms with van der Waals surface area (Å²) in [4.78, 5) is 7.29. The molecule has 0 fully saturated rings. The summed E-state index contributed by atoms with van der Waals surface area (Å²) in [5.41, 5.74) is 4.17. The zero-order valence-corrected chi connectivity index (χ0v) is 10.9. The summed E-state index contributed by atoms with van der Waals surface area (Å²) < 4.78 is 0. The van der Waals surface area contributed by atoms with Crippen LogP contribution in [0.5, 0.6) is 0 Å². The van der Waals surface area contributed by atoms with Crippen molar-refractivity contribution in [2.24, 2.45) is 0 Å². The van der Waals surface area contributed by atoms with Gasteiger partial charge in [0.1, 0.15) is 11.7 Å². The third-order valence-corrected chi connectivity index (χ3v) is 3.09. The summed E-state index contributed by atoms with van der Waals surface area (Å²) in [6, 6.07) is 11.7. The largest absolute Gasteiger partial charge is 0.346 e. The molecule has 20 heavy (non-hydrogen) atoms. The Morgan fingerprint density at radius 1 is 1.05 bits per heavy atom. The maximum Gasteiger partial charge on any atom is 0.138 e. The van der Waals surface area contributed by atoms with Crippen molar-refractivity contribution >= 4 is 11.0 Å². The van der Waals surface area contributed by atoms with Crippen molar-refractivity contribution in [2.45, 2.75) is 6.92 Å². The molecular weight excluding hydrogens is 246 g/mol. The van der Waals surface area contributed by atoms with E-state index in [2.05, 4.69) is 27.9 Å². The zero-order chi connectivity index (χ0) is 13.9. The Labute approximate surface area is 116 Å². The number of aromatic amines is 1. The Morgan fingerprint density at radius 3 is 2.75 bits per heavy atom. The molecule has 0 aliphatic rings. The van der Waals surface area contributed by atoms with Crippen LogP contribution in [0.2, 0.25) is 0 Å². The molecule has 3 nitrogen and oxygen atoms in total. The Balaban J connectivity index is 2.11. The summed E-state index contributed by atoms with van der Waals surface area (Å²) >= 11 is 0. The normalized spacial score (nSPS) is 9.80. The highest BCUT2D eigenvalue weighted by Crippen LogP contribution is 2.15. The Hall–Kier alpha value is -3.04. The van der Waals surface area contributed by atoms with Crippen LogP contribution in [0.25, 0.3) is 11.0 Å². The molecule has 0 aliphatic carbocycles. The standard InChI is InChI=1S/C17H11N3/c1-12-2-3-15(11-18)14(10-12)5-4-13-6-8-19-17-16(13)7-9-20-17/h2-3,6-10H,1H3,(H,19,20). The summed E-state index contributed by atoms with van der Waals surface area (Å²) in [6.45, 7) is 1.99. The number of benzene rings is 1. The molecular formula is C17H11N3. The fourth-order valence-corrected chi connectivity index (χ4v) is 2.06. The number of aromatic nitrogens is 2. The van der Waals surface area contributed by atoms with Crippen LogP contribution in [0.15, 0.2) is 42.7 Å². The van der Waals surface area contributed by atoms with Crippen molar-refractivity contribution < 1.29 is 0 Å². The lowest BCUT2D eigenvalue weighted by Gasteiger charge is -1.97. The average molecular weight is 257 g/mol. The van der Waals surface area contributed by atoms with E-state index in [1.165, 1.54) is 0 Å². The minimum atomic E-state index is 0.600. The summed E-state index contributed by atoms with van der Waals surface area (Å²) in [5.74, 6) is 6.22. The van der Waals surface area contributed by atoms with Crippen molar-refractivity contribution in [1.82, 2.24) is 9.97 Å². The Kier molecular flexibility index (Phi) is 2.95. The topological polar surface area (TPSA) is 52.5 Å². The molecule has 3 heteroatoms. The summed E-state index contributed by atoms with van der Waals surface area (Å²) in [7, 11) is 0. The van der Waals surface area contributed by atoms with Gasteiger partial charge in [-0.05, 0) is 36.8 Å². The lowest BCUT2D eigenvalue weighted by Crippen LogP contribution is -1.86. The second kappa shape index (κ2) is 4.91. The van der Waals surface area contributed by atoms with E-state index in [4.69, 9.17) is 5.26 Å². The first-order valence-electron chi connectivity index (χ1n) is 6.23. The molecule has 0 atom stereocenters. The molecule has 94 valence electrons. The van der Waals surface area contributed by atoms with Crippen molar-refractivity contribution in [1.29, 1.82) is 5.26 Å². The fraction of sp³-hybridized carbons (Fsp3) is 0.0588. The fourth-order valence-electron chi connectivity index (χ4n) is 2.06. The minimum absolute atomic E-state index is 0.600. The zero-order valence-electron chi connectivity index (χ0n) is 10.9. The molecule has 0 amide bonds. The van der Waals surface area contributed by atoms with E-state index in [0.29, 0.717) is 5.56 Å². The summed E-state index contributed by atoms with van der Waals surface area (Å²) in [6.07, 6.45) is 3.57. The highest BCUT2D eigenvalue weighted by molar-refractivity contribution is 5.82. The van der Waals surface area contributed by atoms with Gasteiger partial charge in [-0.2, -0.15) is 5.26 Å². The number of rotatable bonds is 0. The van der Waals surface area contributed by atoms with Crippen molar-refractivity contribution in [3.63, 3.8) is 0 Å². The third-order valence-electron chi connectivity index (χ3n) is 3.09. The van der Waals surface area contributed by atoms with Gasteiger partial charge in [-0.25, -0.2) is 4.98 Å². The lowest BCUT2D eigenvalue weighted by atomic mass is 10.1. The van der Waals surface area contributed by atoms with Crippen molar-refractivity contribution in [3.8, 4) is 17.9 Å². The first kappa shape index (κ1) is 12.0. The Bertz CT molecular complexity index is 886. The number of pyridine rings is 1. The van der Waals surface area contributed by atoms with Crippen LogP contribution in [0.4, 0.5) is 0 Å². The van der Waals surface area contributed by atoms with Gasteiger partial charge in [-0.3, -0.25) is 0 Å². The number of nitrogens with one attached hydrogen (secondary N) is 1. The molecule has 0 saturated heterocycles. The second-order valence-electron chi connectivity index (χ2n) is 4.51. The van der Waals surface area contributed by atoms with E-state index < -0.39 is 0 Å². The van der Waals surface area contributed by atoms with E-state index in [-0.39, 0.29) is 0 Å². The van der Waals surface area contributed by atoms with Crippen LogP contribution < -0.4 is 0 Å². The molecule has 3 aromatic rings. The van der Waals surface area contributed by atoms with Gasteiger partial charge in [0.25, 0.3) is 0 Å². The highest BCUT2D eigenvalue weighted by Gasteiger charge is 2.01. The van der Waals surface area contributed by atoms with Gasteiger partial charge in [0, 0.05) is 28.9 Å². The molecule has 0 spiro atoms. The number of H-pyrrole nitrogens is 1. The van der Waals surface area contributed by atoms with Gasteiger partial charge in [-0.1, -0.05) is 17.9 Å². The molecule has 2 heterocycles.